The van der Waals surface area contributed by atoms with Crippen LogP contribution >= 0.6 is 23.4 Å². The van der Waals surface area contributed by atoms with Crippen LogP contribution in [0.4, 0.5) is 9.18 Å². The van der Waals surface area contributed by atoms with E-state index in [4.69, 9.17) is 16.3 Å². The molecule has 0 radical (unpaired) electrons. The van der Waals surface area contributed by atoms with Gasteiger partial charge in [-0.15, -0.1) is 0 Å². The highest BCUT2D eigenvalue weighted by Gasteiger charge is 2.35. The molecule has 0 spiro atoms. The van der Waals surface area contributed by atoms with Crippen molar-refractivity contribution < 1.29 is 18.7 Å². The Kier molecular flexibility index (Phi) is 6.39. The number of hydrogen-bond donors (Lipinski definition) is 0. The fourth-order valence-electron chi connectivity index (χ4n) is 3.03. The minimum Gasteiger partial charge on any atom is -0.489 e. The highest BCUT2D eigenvalue weighted by Crippen LogP contribution is 2.34. The summed E-state index contributed by atoms with van der Waals surface area (Å²) >= 11 is 7.06. The number of carbonyl (C=O) groups is 2. The van der Waals surface area contributed by atoms with Gasteiger partial charge in [0.25, 0.3) is 11.1 Å². The highest BCUT2D eigenvalue weighted by molar-refractivity contribution is 8.18. The number of nitrogens with zero attached hydrogens (tertiary/aromatic N) is 1. The Balaban J connectivity index is 1.46. The number of rotatable bonds is 6. The van der Waals surface area contributed by atoms with Crippen LogP contribution in [0.5, 0.6) is 5.75 Å². The Morgan fingerprint density at radius 2 is 1.77 bits per heavy atom. The van der Waals surface area contributed by atoms with E-state index in [1.165, 1.54) is 17.0 Å². The van der Waals surface area contributed by atoms with Gasteiger partial charge < -0.3 is 4.74 Å². The fourth-order valence-corrected chi connectivity index (χ4v) is 4.06. The summed E-state index contributed by atoms with van der Waals surface area (Å²) in [6.45, 7) is 0.417. The van der Waals surface area contributed by atoms with Crippen molar-refractivity contribution in [1.82, 2.24) is 4.90 Å². The van der Waals surface area contributed by atoms with Crippen LogP contribution < -0.4 is 4.74 Å². The first kappa shape index (κ1) is 21.2. The van der Waals surface area contributed by atoms with Crippen LogP contribution in [0, 0.1) is 5.82 Å². The molecule has 1 fully saturated rings. The third kappa shape index (κ3) is 5.16. The van der Waals surface area contributed by atoms with Crippen molar-refractivity contribution in [2.45, 2.75) is 13.2 Å². The maximum atomic E-state index is 13.0. The summed E-state index contributed by atoms with van der Waals surface area (Å²) < 4.78 is 18.8. The molecule has 1 aliphatic heterocycles. The van der Waals surface area contributed by atoms with Crippen LogP contribution in [-0.4, -0.2) is 16.0 Å². The van der Waals surface area contributed by atoms with Crippen molar-refractivity contribution in [2.24, 2.45) is 0 Å². The van der Waals surface area contributed by atoms with Crippen molar-refractivity contribution >= 4 is 40.6 Å². The second-order valence-electron chi connectivity index (χ2n) is 6.85. The van der Waals surface area contributed by atoms with Gasteiger partial charge in [-0.3, -0.25) is 14.5 Å². The monoisotopic (exact) mass is 453 g/mol. The Morgan fingerprint density at radius 1 is 1.00 bits per heavy atom. The molecule has 2 amide bonds. The minimum atomic E-state index is -0.354. The molecular weight excluding hydrogens is 437 g/mol. The predicted octanol–water partition coefficient (Wildman–Crippen LogP) is 6.29. The average Bonchev–Trinajstić information content (AvgIpc) is 3.02. The van der Waals surface area contributed by atoms with Crippen LogP contribution in [0.3, 0.4) is 0 Å². The summed E-state index contributed by atoms with van der Waals surface area (Å²) in [5.41, 5.74) is 2.29. The van der Waals surface area contributed by atoms with Gasteiger partial charge >= 0.3 is 0 Å². The number of thioether (sulfide) groups is 1. The quantitative estimate of drug-likeness (QED) is 0.411. The van der Waals surface area contributed by atoms with E-state index in [0.29, 0.717) is 21.2 Å². The number of ether oxygens (including phenoxy) is 1. The van der Waals surface area contributed by atoms with E-state index >= 15 is 0 Å². The molecule has 0 aliphatic carbocycles. The molecule has 3 aromatic carbocycles. The van der Waals surface area contributed by atoms with Gasteiger partial charge in [-0.1, -0.05) is 54.1 Å². The molecule has 0 bridgehead atoms. The molecule has 3 aromatic rings. The Hall–Kier alpha value is -3.09. The number of carbonyl (C=O) groups excluding carboxylic acids is 2. The molecule has 7 heteroatoms. The van der Waals surface area contributed by atoms with E-state index in [-0.39, 0.29) is 30.1 Å². The summed E-state index contributed by atoms with van der Waals surface area (Å²) in [6, 6.07) is 20.4. The van der Waals surface area contributed by atoms with Crippen LogP contribution in [0.15, 0.2) is 77.7 Å². The topological polar surface area (TPSA) is 46.6 Å². The van der Waals surface area contributed by atoms with Crippen LogP contribution in [0.1, 0.15) is 16.7 Å². The van der Waals surface area contributed by atoms with Crippen molar-refractivity contribution in [3.8, 4) is 5.75 Å². The third-order valence-electron chi connectivity index (χ3n) is 4.63. The maximum absolute atomic E-state index is 13.0. The first-order valence-electron chi connectivity index (χ1n) is 9.46. The van der Waals surface area contributed by atoms with Gasteiger partial charge in [0.15, 0.2) is 0 Å². The lowest BCUT2D eigenvalue weighted by molar-refractivity contribution is -0.123. The van der Waals surface area contributed by atoms with E-state index in [1.807, 2.05) is 12.1 Å². The molecule has 31 heavy (non-hydrogen) atoms. The summed E-state index contributed by atoms with van der Waals surface area (Å²) in [7, 11) is 0. The Labute approximate surface area is 188 Å². The smallest absolute Gasteiger partial charge is 0.293 e. The van der Waals surface area contributed by atoms with Crippen LogP contribution in [-0.2, 0) is 17.9 Å². The molecule has 0 saturated carbocycles. The third-order valence-corrected chi connectivity index (χ3v) is 5.91. The first-order chi connectivity index (χ1) is 15.0. The van der Waals surface area contributed by atoms with Gasteiger partial charge in [0, 0.05) is 5.02 Å². The molecule has 156 valence electrons. The Morgan fingerprint density at radius 3 is 2.55 bits per heavy atom. The lowest BCUT2D eigenvalue weighted by Gasteiger charge is -2.13. The van der Waals surface area contributed by atoms with Gasteiger partial charge in [-0.05, 0) is 64.9 Å². The molecule has 0 N–H and O–H groups in total. The number of halogens is 2. The zero-order valence-electron chi connectivity index (χ0n) is 16.3. The second kappa shape index (κ2) is 9.37. The number of amides is 2. The molecule has 4 rings (SSSR count). The summed E-state index contributed by atoms with van der Waals surface area (Å²) in [5, 5.41) is 0.177. The van der Waals surface area contributed by atoms with Crippen molar-refractivity contribution in [3.05, 3.63) is 105 Å². The van der Waals surface area contributed by atoms with E-state index < -0.39 is 0 Å². The van der Waals surface area contributed by atoms with E-state index in [0.717, 1.165) is 22.9 Å². The molecule has 4 nitrogen and oxygen atoms in total. The molecule has 0 aromatic heterocycles. The molecule has 1 saturated heterocycles. The fraction of sp³-hybridized carbons (Fsp3) is 0.0833. The second-order valence-corrected chi connectivity index (χ2v) is 8.25. The van der Waals surface area contributed by atoms with E-state index in [1.54, 1.807) is 54.6 Å². The summed E-state index contributed by atoms with van der Waals surface area (Å²) in [4.78, 5) is 26.7. The lowest BCUT2D eigenvalue weighted by atomic mass is 10.2. The maximum Gasteiger partial charge on any atom is 0.293 e. The van der Waals surface area contributed by atoms with Gasteiger partial charge in [0.1, 0.15) is 18.2 Å². The molecule has 1 aliphatic rings. The van der Waals surface area contributed by atoms with Crippen LogP contribution in [0.2, 0.25) is 5.02 Å². The van der Waals surface area contributed by atoms with Gasteiger partial charge in [0.05, 0.1) is 11.4 Å². The van der Waals surface area contributed by atoms with E-state index in [2.05, 4.69) is 0 Å². The van der Waals surface area contributed by atoms with Crippen LogP contribution in [0.25, 0.3) is 6.08 Å². The molecule has 1 heterocycles. The SMILES string of the molecule is O=C1S/C(=C\c2cccc(OCc3ccc(F)cc3)c2)C(=O)N1Cc1ccccc1Cl. The Bertz CT molecular complexity index is 1160. The summed E-state index contributed by atoms with van der Waals surface area (Å²) in [6.07, 6.45) is 1.67. The molecule has 0 unspecified atom stereocenters. The lowest BCUT2D eigenvalue weighted by Crippen LogP contribution is -2.27. The van der Waals surface area contributed by atoms with Crippen molar-refractivity contribution in [2.75, 3.05) is 0 Å². The van der Waals surface area contributed by atoms with Gasteiger partial charge in [-0.25, -0.2) is 4.39 Å². The number of benzene rings is 3. The molecular formula is C24H17ClFNO3S. The standard InChI is InChI=1S/C24H17ClFNO3S/c25-21-7-2-1-5-18(21)14-27-23(28)22(31-24(27)29)13-17-4-3-6-20(12-17)30-15-16-8-10-19(26)11-9-16/h1-13H,14-15H2/b22-13-. The number of hydrogen-bond acceptors (Lipinski definition) is 4. The van der Waals surface area contributed by atoms with Crippen molar-refractivity contribution in [3.63, 3.8) is 0 Å². The first-order valence-corrected chi connectivity index (χ1v) is 10.6. The summed E-state index contributed by atoms with van der Waals surface area (Å²) in [5.74, 6) is -0.0462. The van der Waals surface area contributed by atoms with E-state index in [9.17, 15) is 14.0 Å². The highest BCUT2D eigenvalue weighted by atomic mass is 35.5. The average molecular weight is 454 g/mol. The van der Waals surface area contributed by atoms with Gasteiger partial charge in [-0.2, -0.15) is 0 Å². The number of imide groups is 1. The zero-order valence-corrected chi connectivity index (χ0v) is 17.8. The van der Waals surface area contributed by atoms with Crippen molar-refractivity contribution in [1.29, 1.82) is 0 Å². The normalized spacial score (nSPS) is 15.0. The van der Waals surface area contributed by atoms with Gasteiger partial charge in [0.2, 0.25) is 0 Å². The molecule has 0 atom stereocenters. The largest absolute Gasteiger partial charge is 0.489 e. The predicted molar refractivity (Wildman–Crippen MR) is 120 cm³/mol. The minimum absolute atomic E-state index is 0.127. The zero-order chi connectivity index (χ0) is 21.8.